The summed E-state index contributed by atoms with van der Waals surface area (Å²) in [5.41, 5.74) is 2.28. The van der Waals surface area contributed by atoms with E-state index in [4.69, 9.17) is 4.98 Å². The van der Waals surface area contributed by atoms with Crippen molar-refractivity contribution in [3.63, 3.8) is 0 Å². The summed E-state index contributed by atoms with van der Waals surface area (Å²) in [5, 5.41) is 3.67. The molecular formula is C16H24N4. The molecule has 0 aromatic carbocycles. The first kappa shape index (κ1) is 13.6. The molecule has 0 bridgehead atoms. The van der Waals surface area contributed by atoms with Gasteiger partial charge in [-0.3, -0.25) is 0 Å². The zero-order valence-corrected chi connectivity index (χ0v) is 12.7. The Labute approximate surface area is 120 Å². The third-order valence-electron chi connectivity index (χ3n) is 4.37. The maximum Gasteiger partial charge on any atom is 0.160 e. The van der Waals surface area contributed by atoms with Gasteiger partial charge in [0.2, 0.25) is 0 Å². The summed E-state index contributed by atoms with van der Waals surface area (Å²) in [7, 11) is 0. The van der Waals surface area contributed by atoms with E-state index >= 15 is 0 Å². The molecule has 1 N–H and O–H groups in total. The van der Waals surface area contributed by atoms with Crippen molar-refractivity contribution in [2.24, 2.45) is 5.41 Å². The molecule has 4 heteroatoms. The van der Waals surface area contributed by atoms with Gasteiger partial charge in [-0.1, -0.05) is 20.8 Å². The number of fused-ring (bicyclic) bond motifs is 1. The van der Waals surface area contributed by atoms with Crippen molar-refractivity contribution in [1.29, 1.82) is 0 Å². The van der Waals surface area contributed by atoms with Crippen LogP contribution in [0.1, 0.15) is 51.9 Å². The molecule has 0 aliphatic carbocycles. The van der Waals surface area contributed by atoms with Gasteiger partial charge in [0.1, 0.15) is 11.3 Å². The van der Waals surface area contributed by atoms with E-state index in [1.54, 1.807) is 0 Å². The van der Waals surface area contributed by atoms with Gasteiger partial charge in [0.25, 0.3) is 0 Å². The van der Waals surface area contributed by atoms with Crippen molar-refractivity contribution in [1.82, 2.24) is 19.9 Å². The maximum absolute atomic E-state index is 4.89. The third-order valence-corrected chi connectivity index (χ3v) is 4.37. The molecular weight excluding hydrogens is 248 g/mol. The Morgan fingerprint density at radius 2 is 2.30 bits per heavy atom. The largest absolute Gasteiger partial charge is 0.311 e. The number of nitrogens with one attached hydrogen (secondary N) is 1. The number of rotatable bonds is 3. The summed E-state index contributed by atoms with van der Waals surface area (Å²) in [6.45, 7) is 8.95. The number of pyridine rings is 1. The monoisotopic (exact) mass is 272 g/mol. The van der Waals surface area contributed by atoms with Gasteiger partial charge in [0.15, 0.2) is 5.65 Å². The average Bonchev–Trinajstić information content (AvgIpc) is 2.78. The lowest BCUT2D eigenvalue weighted by Crippen LogP contribution is -2.41. The standard InChI is InChI=1S/C16H24N4/c1-4-11-20-14-12(7-5-9-18-14)19-15(20)13-16(2,3)8-6-10-17-13/h5,7,9,13,17H,4,6,8,10-11H2,1-3H3. The van der Waals surface area contributed by atoms with E-state index in [-0.39, 0.29) is 5.41 Å². The van der Waals surface area contributed by atoms with Gasteiger partial charge in [-0.15, -0.1) is 0 Å². The van der Waals surface area contributed by atoms with Crippen molar-refractivity contribution >= 4 is 11.2 Å². The number of hydrogen-bond donors (Lipinski definition) is 1. The molecule has 3 heterocycles. The molecule has 1 aliphatic rings. The van der Waals surface area contributed by atoms with Crippen LogP contribution < -0.4 is 5.32 Å². The minimum Gasteiger partial charge on any atom is -0.311 e. The van der Waals surface area contributed by atoms with Crippen molar-refractivity contribution in [3.05, 3.63) is 24.2 Å². The summed E-state index contributed by atoms with van der Waals surface area (Å²) in [4.78, 5) is 9.42. The van der Waals surface area contributed by atoms with Crippen LogP contribution in [0.3, 0.4) is 0 Å². The Balaban J connectivity index is 2.12. The Kier molecular flexibility index (Phi) is 3.50. The molecule has 3 rings (SSSR count). The molecule has 4 nitrogen and oxygen atoms in total. The molecule has 1 fully saturated rings. The second kappa shape index (κ2) is 5.17. The maximum atomic E-state index is 4.89. The first-order valence-electron chi connectivity index (χ1n) is 7.68. The second-order valence-electron chi connectivity index (χ2n) is 6.45. The lowest BCUT2D eigenvalue weighted by Gasteiger charge is -2.39. The smallest absolute Gasteiger partial charge is 0.160 e. The Hall–Kier alpha value is -1.42. The van der Waals surface area contributed by atoms with Crippen LogP contribution in [0.2, 0.25) is 0 Å². The van der Waals surface area contributed by atoms with Crippen LogP contribution in [0.5, 0.6) is 0 Å². The highest BCUT2D eigenvalue weighted by molar-refractivity contribution is 5.71. The van der Waals surface area contributed by atoms with Crippen molar-refractivity contribution in [3.8, 4) is 0 Å². The topological polar surface area (TPSA) is 42.7 Å². The van der Waals surface area contributed by atoms with E-state index in [2.05, 4.69) is 41.7 Å². The fourth-order valence-corrected chi connectivity index (χ4v) is 3.29. The molecule has 20 heavy (non-hydrogen) atoms. The van der Waals surface area contributed by atoms with Gasteiger partial charge in [-0.25, -0.2) is 9.97 Å². The number of aryl methyl sites for hydroxylation is 1. The fraction of sp³-hybridized carbons (Fsp3) is 0.625. The lowest BCUT2D eigenvalue weighted by molar-refractivity contribution is 0.170. The number of nitrogens with zero attached hydrogens (tertiary/aromatic N) is 3. The minimum atomic E-state index is 0.241. The van der Waals surface area contributed by atoms with Gasteiger partial charge < -0.3 is 9.88 Å². The zero-order valence-electron chi connectivity index (χ0n) is 12.7. The van der Waals surface area contributed by atoms with Crippen LogP contribution in [-0.4, -0.2) is 21.1 Å². The van der Waals surface area contributed by atoms with Crippen molar-refractivity contribution in [2.75, 3.05) is 6.54 Å². The Bertz CT molecular complexity index is 600. The van der Waals surface area contributed by atoms with Crippen LogP contribution in [0.4, 0.5) is 0 Å². The summed E-state index contributed by atoms with van der Waals surface area (Å²) in [5.74, 6) is 1.16. The zero-order chi connectivity index (χ0) is 14.2. The molecule has 0 spiro atoms. The van der Waals surface area contributed by atoms with E-state index in [9.17, 15) is 0 Å². The Morgan fingerprint density at radius 1 is 1.45 bits per heavy atom. The molecule has 1 unspecified atom stereocenters. The molecule has 0 radical (unpaired) electrons. The highest BCUT2D eigenvalue weighted by atomic mass is 15.2. The molecule has 108 valence electrons. The van der Waals surface area contributed by atoms with E-state index in [0.29, 0.717) is 6.04 Å². The van der Waals surface area contributed by atoms with E-state index in [0.717, 1.165) is 36.5 Å². The summed E-state index contributed by atoms with van der Waals surface area (Å²) in [6.07, 6.45) is 5.45. The van der Waals surface area contributed by atoms with Gasteiger partial charge >= 0.3 is 0 Å². The highest BCUT2D eigenvalue weighted by Gasteiger charge is 2.36. The minimum absolute atomic E-state index is 0.241. The predicted octanol–water partition coefficient (Wildman–Crippen LogP) is 3.29. The van der Waals surface area contributed by atoms with Crippen LogP contribution in [-0.2, 0) is 6.54 Å². The number of hydrogen-bond acceptors (Lipinski definition) is 3. The summed E-state index contributed by atoms with van der Waals surface area (Å²) in [6, 6.07) is 4.35. The molecule has 2 aromatic rings. The first-order valence-corrected chi connectivity index (χ1v) is 7.68. The van der Waals surface area contributed by atoms with Crippen LogP contribution in [0, 0.1) is 5.41 Å². The number of aromatic nitrogens is 3. The highest BCUT2D eigenvalue weighted by Crippen LogP contribution is 2.40. The first-order chi connectivity index (χ1) is 9.63. The molecule has 1 atom stereocenters. The second-order valence-corrected chi connectivity index (χ2v) is 6.45. The lowest BCUT2D eigenvalue weighted by atomic mass is 9.77. The van der Waals surface area contributed by atoms with Crippen LogP contribution in [0.15, 0.2) is 18.3 Å². The van der Waals surface area contributed by atoms with E-state index in [1.165, 1.54) is 12.8 Å². The van der Waals surface area contributed by atoms with Gasteiger partial charge in [0, 0.05) is 12.7 Å². The molecule has 0 amide bonds. The van der Waals surface area contributed by atoms with Gasteiger partial charge in [-0.05, 0) is 43.4 Å². The predicted molar refractivity (Wildman–Crippen MR) is 81.6 cm³/mol. The van der Waals surface area contributed by atoms with Crippen molar-refractivity contribution in [2.45, 2.75) is 52.6 Å². The van der Waals surface area contributed by atoms with Gasteiger partial charge in [0.05, 0.1) is 6.04 Å². The SMILES string of the molecule is CCCn1c(C2NCCCC2(C)C)nc2cccnc21. The molecule has 1 saturated heterocycles. The normalized spacial score (nSPS) is 22.2. The van der Waals surface area contributed by atoms with Crippen LogP contribution >= 0.6 is 0 Å². The van der Waals surface area contributed by atoms with E-state index < -0.39 is 0 Å². The fourth-order valence-electron chi connectivity index (χ4n) is 3.29. The summed E-state index contributed by atoms with van der Waals surface area (Å²) < 4.78 is 2.31. The number of imidazole rings is 1. The summed E-state index contributed by atoms with van der Waals surface area (Å²) >= 11 is 0. The average molecular weight is 272 g/mol. The van der Waals surface area contributed by atoms with Gasteiger partial charge in [-0.2, -0.15) is 0 Å². The number of piperidine rings is 1. The third kappa shape index (κ3) is 2.22. The van der Waals surface area contributed by atoms with Crippen molar-refractivity contribution < 1.29 is 0 Å². The van der Waals surface area contributed by atoms with E-state index in [1.807, 2.05) is 12.3 Å². The Morgan fingerprint density at radius 3 is 3.05 bits per heavy atom. The van der Waals surface area contributed by atoms with Crippen LogP contribution in [0.25, 0.3) is 11.2 Å². The molecule has 2 aromatic heterocycles. The molecule has 1 aliphatic heterocycles. The molecule has 0 saturated carbocycles. The quantitative estimate of drug-likeness (QED) is 0.932.